The zero-order valence-corrected chi connectivity index (χ0v) is 16.2. The van der Waals surface area contributed by atoms with Crippen molar-refractivity contribution in [2.24, 2.45) is 5.41 Å². The molecule has 0 fully saturated rings. The Morgan fingerprint density at radius 2 is 1.75 bits per heavy atom. The van der Waals surface area contributed by atoms with Crippen molar-refractivity contribution in [1.29, 1.82) is 0 Å². The van der Waals surface area contributed by atoms with Crippen LogP contribution in [-0.2, 0) is 0 Å². The van der Waals surface area contributed by atoms with Crippen LogP contribution in [0.1, 0.15) is 43.9 Å². The van der Waals surface area contributed by atoms with E-state index >= 15 is 0 Å². The van der Waals surface area contributed by atoms with Crippen LogP contribution in [0.5, 0.6) is 5.75 Å². The van der Waals surface area contributed by atoms with E-state index in [1.165, 1.54) is 5.56 Å². The van der Waals surface area contributed by atoms with Crippen molar-refractivity contribution in [3.05, 3.63) is 28.8 Å². The second kappa shape index (κ2) is 9.40. The Morgan fingerprint density at radius 3 is 2.33 bits per heavy atom. The van der Waals surface area contributed by atoms with Gasteiger partial charge in [-0.1, -0.05) is 32.9 Å². The summed E-state index contributed by atoms with van der Waals surface area (Å²) < 4.78 is 5.92. The summed E-state index contributed by atoms with van der Waals surface area (Å²) in [5.41, 5.74) is 3.58. The largest absolute Gasteiger partial charge is 0.490 e. The van der Waals surface area contributed by atoms with E-state index in [0.717, 1.165) is 36.4 Å². The molecule has 0 aliphatic rings. The molecule has 0 spiro atoms. The maximum Gasteiger partial charge on any atom is 0.125 e. The van der Waals surface area contributed by atoms with Gasteiger partial charge in [0, 0.05) is 26.2 Å². The normalized spacial score (nSPS) is 13.4. The molecule has 1 aromatic rings. The number of nitrogens with zero attached hydrogens (tertiary/aromatic N) is 1. The van der Waals surface area contributed by atoms with Crippen LogP contribution in [0.25, 0.3) is 0 Å². The van der Waals surface area contributed by atoms with E-state index in [1.807, 2.05) is 6.92 Å². The number of benzene rings is 1. The minimum atomic E-state index is -0.551. The average molecular weight is 338 g/mol. The summed E-state index contributed by atoms with van der Waals surface area (Å²) in [4.78, 5) is 2.21. The summed E-state index contributed by atoms with van der Waals surface area (Å²) in [6.07, 6.45) is 0.171. The van der Waals surface area contributed by atoms with Gasteiger partial charge >= 0.3 is 0 Å². The molecule has 0 aromatic heterocycles. The molecule has 0 heterocycles. The summed E-state index contributed by atoms with van der Waals surface area (Å²) in [7, 11) is 0. The van der Waals surface area contributed by atoms with Gasteiger partial charge in [-0.2, -0.15) is 0 Å². The molecule has 138 valence electrons. The fraction of sp³-hybridized carbons (Fsp3) is 0.700. The summed E-state index contributed by atoms with van der Waals surface area (Å²) >= 11 is 0. The zero-order chi connectivity index (χ0) is 18.3. The van der Waals surface area contributed by atoms with Crippen molar-refractivity contribution < 1.29 is 14.9 Å². The molecule has 0 saturated carbocycles. The van der Waals surface area contributed by atoms with Gasteiger partial charge in [0.1, 0.15) is 18.5 Å². The van der Waals surface area contributed by atoms with E-state index in [4.69, 9.17) is 9.84 Å². The van der Waals surface area contributed by atoms with Crippen molar-refractivity contribution >= 4 is 0 Å². The Bertz CT molecular complexity index is 508. The van der Waals surface area contributed by atoms with E-state index in [2.05, 4.69) is 51.7 Å². The van der Waals surface area contributed by atoms with Crippen LogP contribution in [0.3, 0.4) is 0 Å². The Labute approximate surface area is 147 Å². The minimum absolute atomic E-state index is 0.153. The van der Waals surface area contributed by atoms with Crippen LogP contribution in [0.4, 0.5) is 0 Å². The summed E-state index contributed by atoms with van der Waals surface area (Å²) in [6.45, 7) is 15.4. The van der Waals surface area contributed by atoms with Crippen LogP contribution < -0.4 is 4.74 Å². The highest BCUT2D eigenvalue weighted by Crippen LogP contribution is 2.26. The molecule has 0 aliphatic carbocycles. The fourth-order valence-electron chi connectivity index (χ4n) is 2.88. The smallest absolute Gasteiger partial charge is 0.125 e. The van der Waals surface area contributed by atoms with E-state index in [-0.39, 0.29) is 18.6 Å². The molecule has 1 unspecified atom stereocenters. The highest BCUT2D eigenvalue weighted by Gasteiger charge is 2.19. The quantitative estimate of drug-likeness (QED) is 0.727. The van der Waals surface area contributed by atoms with E-state index < -0.39 is 6.10 Å². The lowest BCUT2D eigenvalue weighted by atomic mass is 9.96. The Hall–Kier alpha value is -1.10. The standard InChI is InChI=1S/C20H35NO3/c1-15-8-9-16(2)19(17(15)3)24-13-18(23)12-21(10-7-11-22)14-20(4,5)6/h8-9,18,22-23H,7,10-14H2,1-6H3. The second-order valence-electron chi connectivity index (χ2n) is 7.99. The molecule has 0 radical (unpaired) electrons. The van der Waals surface area contributed by atoms with Crippen molar-refractivity contribution in [3.63, 3.8) is 0 Å². The maximum absolute atomic E-state index is 10.4. The third kappa shape index (κ3) is 7.20. The van der Waals surface area contributed by atoms with E-state index in [1.54, 1.807) is 0 Å². The lowest BCUT2D eigenvalue weighted by Gasteiger charge is -2.31. The number of hydrogen-bond donors (Lipinski definition) is 2. The molecule has 24 heavy (non-hydrogen) atoms. The molecular formula is C20H35NO3. The molecule has 0 saturated heterocycles. The topological polar surface area (TPSA) is 52.9 Å². The fourth-order valence-corrected chi connectivity index (χ4v) is 2.88. The van der Waals surface area contributed by atoms with Crippen molar-refractivity contribution in [3.8, 4) is 5.75 Å². The lowest BCUT2D eigenvalue weighted by molar-refractivity contribution is 0.0535. The predicted molar refractivity (Wildman–Crippen MR) is 99.8 cm³/mol. The van der Waals surface area contributed by atoms with Gasteiger partial charge in [-0.15, -0.1) is 0 Å². The van der Waals surface area contributed by atoms with Crippen molar-refractivity contribution in [1.82, 2.24) is 4.90 Å². The lowest BCUT2D eigenvalue weighted by Crippen LogP contribution is -2.41. The molecule has 4 nitrogen and oxygen atoms in total. The van der Waals surface area contributed by atoms with E-state index in [9.17, 15) is 5.11 Å². The molecule has 1 rings (SSSR count). The van der Waals surface area contributed by atoms with Crippen molar-refractivity contribution in [2.45, 2.75) is 54.1 Å². The van der Waals surface area contributed by atoms with Crippen LogP contribution in [-0.4, -0.2) is 54.1 Å². The monoisotopic (exact) mass is 337 g/mol. The zero-order valence-electron chi connectivity index (χ0n) is 16.2. The Balaban J connectivity index is 2.62. The highest BCUT2D eigenvalue weighted by atomic mass is 16.5. The number of aryl methyl sites for hydroxylation is 2. The van der Waals surface area contributed by atoms with Crippen LogP contribution in [0, 0.1) is 26.2 Å². The van der Waals surface area contributed by atoms with E-state index in [0.29, 0.717) is 6.54 Å². The number of aliphatic hydroxyl groups is 2. The van der Waals surface area contributed by atoms with Gasteiger partial charge in [0.05, 0.1) is 0 Å². The van der Waals surface area contributed by atoms with Gasteiger partial charge in [-0.3, -0.25) is 0 Å². The molecule has 1 atom stereocenters. The number of ether oxygens (including phenoxy) is 1. The Kier molecular flexibility index (Phi) is 8.20. The van der Waals surface area contributed by atoms with Crippen LogP contribution >= 0.6 is 0 Å². The molecule has 1 aromatic carbocycles. The SMILES string of the molecule is Cc1ccc(C)c(OCC(O)CN(CCCO)CC(C)(C)C)c1C. The van der Waals surface area contributed by atoms with Gasteiger partial charge in [0.2, 0.25) is 0 Å². The first-order valence-electron chi connectivity index (χ1n) is 8.85. The maximum atomic E-state index is 10.4. The first-order valence-corrected chi connectivity index (χ1v) is 8.85. The van der Waals surface area contributed by atoms with Gasteiger partial charge in [-0.05, 0) is 49.3 Å². The van der Waals surface area contributed by atoms with Gasteiger partial charge in [-0.25, -0.2) is 0 Å². The highest BCUT2D eigenvalue weighted by molar-refractivity contribution is 5.44. The number of hydrogen-bond acceptors (Lipinski definition) is 4. The molecule has 0 aliphatic heterocycles. The van der Waals surface area contributed by atoms with Crippen LogP contribution in [0.15, 0.2) is 12.1 Å². The minimum Gasteiger partial charge on any atom is -0.490 e. The third-order valence-corrected chi connectivity index (χ3v) is 4.09. The van der Waals surface area contributed by atoms with Crippen molar-refractivity contribution in [2.75, 3.05) is 32.8 Å². The Morgan fingerprint density at radius 1 is 1.12 bits per heavy atom. The van der Waals surface area contributed by atoms with Gasteiger partial charge in [0.25, 0.3) is 0 Å². The molecule has 0 bridgehead atoms. The average Bonchev–Trinajstić information content (AvgIpc) is 2.47. The van der Waals surface area contributed by atoms with Crippen LogP contribution in [0.2, 0.25) is 0 Å². The number of rotatable bonds is 9. The molecule has 4 heteroatoms. The third-order valence-electron chi connectivity index (χ3n) is 4.09. The second-order valence-corrected chi connectivity index (χ2v) is 7.99. The van der Waals surface area contributed by atoms with Gasteiger partial charge in [0.15, 0.2) is 0 Å². The first-order chi connectivity index (χ1) is 11.1. The number of aliphatic hydroxyl groups excluding tert-OH is 2. The summed E-state index contributed by atoms with van der Waals surface area (Å²) in [5.74, 6) is 0.881. The molecule has 2 N–H and O–H groups in total. The summed E-state index contributed by atoms with van der Waals surface area (Å²) in [6, 6.07) is 4.14. The molecule has 0 amide bonds. The predicted octanol–water partition coefficient (Wildman–Crippen LogP) is 3.08. The molecular weight excluding hydrogens is 302 g/mol. The summed E-state index contributed by atoms with van der Waals surface area (Å²) in [5, 5.41) is 19.5. The first kappa shape index (κ1) is 20.9. The van der Waals surface area contributed by atoms with Gasteiger partial charge < -0.3 is 19.8 Å².